The average molecular weight is 405 g/mol. The Morgan fingerprint density at radius 3 is 2.03 bits per heavy atom. The molecule has 0 spiro atoms. The lowest BCUT2D eigenvalue weighted by atomic mass is 9.77. The van der Waals surface area contributed by atoms with Gasteiger partial charge in [-0.05, 0) is 67.1 Å². The molecule has 1 aliphatic rings. The molecule has 30 heavy (non-hydrogen) atoms. The maximum atomic E-state index is 12.7. The van der Waals surface area contributed by atoms with Crippen LogP contribution in [0, 0.1) is 5.92 Å². The predicted octanol–water partition coefficient (Wildman–Crippen LogP) is 8.31. The van der Waals surface area contributed by atoms with Gasteiger partial charge in [0, 0.05) is 12.0 Å². The quantitative estimate of drug-likeness (QED) is 0.272. The Labute approximate surface area is 184 Å². The molecule has 1 nitrogen and oxygen atoms in total. The van der Waals surface area contributed by atoms with Crippen molar-refractivity contribution in [2.75, 3.05) is 0 Å². The summed E-state index contributed by atoms with van der Waals surface area (Å²) in [5.74, 6) is 1.86. The largest absolute Gasteiger partial charge is 0.294 e. The van der Waals surface area contributed by atoms with Gasteiger partial charge in [0.1, 0.15) is 0 Å². The molecule has 1 heteroatoms. The molecule has 0 radical (unpaired) electrons. The lowest BCUT2D eigenvalue weighted by Gasteiger charge is -2.29. The molecule has 3 rings (SSSR count). The van der Waals surface area contributed by atoms with Crippen molar-refractivity contribution in [3.05, 3.63) is 70.8 Å². The Morgan fingerprint density at radius 2 is 1.40 bits per heavy atom. The van der Waals surface area contributed by atoms with E-state index in [4.69, 9.17) is 0 Å². The smallest absolute Gasteiger partial charge is 0.167 e. The minimum Gasteiger partial charge on any atom is -0.294 e. The third-order valence-corrected chi connectivity index (χ3v) is 6.97. The minimum absolute atomic E-state index is 0.225. The zero-order valence-corrected chi connectivity index (χ0v) is 19.2. The van der Waals surface area contributed by atoms with Gasteiger partial charge in [-0.1, -0.05) is 94.5 Å². The molecule has 0 amide bonds. The van der Waals surface area contributed by atoms with Crippen LogP contribution in [0.3, 0.4) is 0 Å². The van der Waals surface area contributed by atoms with E-state index in [0.29, 0.717) is 12.3 Å². The van der Waals surface area contributed by atoms with Crippen LogP contribution in [0.1, 0.15) is 111 Å². The number of carbonyl (C=O) groups excluding carboxylic acids is 1. The molecule has 0 aromatic heterocycles. The molecule has 0 N–H and O–H groups in total. The molecular weight excluding hydrogens is 364 g/mol. The number of benzene rings is 2. The number of hydrogen-bond donors (Lipinski definition) is 0. The number of Topliss-reactive ketones (excluding diaryl/α,β-unsaturated/α-hetero) is 1. The lowest BCUT2D eigenvalue weighted by Crippen LogP contribution is -2.13. The van der Waals surface area contributed by atoms with Gasteiger partial charge in [-0.25, -0.2) is 0 Å². The van der Waals surface area contributed by atoms with Gasteiger partial charge in [-0.2, -0.15) is 0 Å². The summed E-state index contributed by atoms with van der Waals surface area (Å²) in [5.41, 5.74) is 4.77. The van der Waals surface area contributed by atoms with Crippen LogP contribution in [0.4, 0.5) is 0 Å². The van der Waals surface area contributed by atoms with Crippen molar-refractivity contribution in [1.82, 2.24) is 0 Å². The summed E-state index contributed by atoms with van der Waals surface area (Å²) < 4.78 is 0. The zero-order valence-electron chi connectivity index (χ0n) is 19.2. The monoisotopic (exact) mass is 404 g/mol. The first-order valence-electron chi connectivity index (χ1n) is 12.4. The molecule has 1 saturated carbocycles. The third kappa shape index (κ3) is 6.83. The molecule has 1 fully saturated rings. The van der Waals surface area contributed by atoms with Gasteiger partial charge in [0.25, 0.3) is 0 Å². The number of ketones is 1. The molecule has 0 unspecified atom stereocenters. The van der Waals surface area contributed by atoms with Crippen LogP contribution >= 0.6 is 0 Å². The Morgan fingerprint density at radius 1 is 0.767 bits per heavy atom. The van der Waals surface area contributed by atoms with E-state index >= 15 is 0 Å². The zero-order chi connectivity index (χ0) is 21.2. The molecule has 1 aliphatic carbocycles. The van der Waals surface area contributed by atoms with Crippen molar-refractivity contribution >= 4 is 5.78 Å². The van der Waals surface area contributed by atoms with Crippen LogP contribution in [-0.4, -0.2) is 5.78 Å². The summed E-state index contributed by atoms with van der Waals surface area (Å²) >= 11 is 0. The Bertz CT molecular complexity index is 748. The SMILES string of the molecule is CCCCC[C@H]1CC[C@H](c2ccc(C(=O)Cc3ccc(CCCC)cc3)cc2)CC1. The highest BCUT2D eigenvalue weighted by molar-refractivity contribution is 5.97. The average Bonchev–Trinajstić information content (AvgIpc) is 2.79. The van der Waals surface area contributed by atoms with Crippen LogP contribution in [0.2, 0.25) is 0 Å². The first kappa shape index (κ1) is 22.8. The van der Waals surface area contributed by atoms with E-state index in [2.05, 4.69) is 62.4 Å². The summed E-state index contributed by atoms with van der Waals surface area (Å²) in [6.07, 6.45) is 15.0. The Hall–Kier alpha value is -1.89. The number of carbonyl (C=O) groups is 1. The lowest BCUT2D eigenvalue weighted by molar-refractivity contribution is 0.0993. The van der Waals surface area contributed by atoms with E-state index < -0.39 is 0 Å². The van der Waals surface area contributed by atoms with Crippen molar-refractivity contribution in [3.63, 3.8) is 0 Å². The topological polar surface area (TPSA) is 17.1 Å². The minimum atomic E-state index is 0.225. The summed E-state index contributed by atoms with van der Waals surface area (Å²) in [7, 11) is 0. The fraction of sp³-hybridized carbons (Fsp3) is 0.552. The van der Waals surface area contributed by atoms with Gasteiger partial charge in [0.05, 0.1) is 0 Å². The Kier molecular flexibility index (Phi) is 9.18. The first-order chi connectivity index (χ1) is 14.7. The van der Waals surface area contributed by atoms with Crippen LogP contribution in [0.5, 0.6) is 0 Å². The van der Waals surface area contributed by atoms with Crippen molar-refractivity contribution in [2.45, 2.75) is 96.8 Å². The van der Waals surface area contributed by atoms with Crippen LogP contribution < -0.4 is 0 Å². The van der Waals surface area contributed by atoms with Crippen LogP contribution in [-0.2, 0) is 12.8 Å². The number of aryl methyl sites for hydroxylation is 1. The fourth-order valence-corrected chi connectivity index (χ4v) is 4.90. The highest BCUT2D eigenvalue weighted by atomic mass is 16.1. The molecule has 0 aliphatic heterocycles. The van der Waals surface area contributed by atoms with Gasteiger partial charge in [0.15, 0.2) is 5.78 Å². The second-order valence-corrected chi connectivity index (χ2v) is 9.36. The van der Waals surface area contributed by atoms with Gasteiger partial charge < -0.3 is 0 Å². The molecule has 162 valence electrons. The van der Waals surface area contributed by atoms with E-state index in [1.807, 2.05) is 0 Å². The fourth-order valence-electron chi connectivity index (χ4n) is 4.90. The molecule has 0 saturated heterocycles. The molecule has 2 aromatic carbocycles. The van der Waals surface area contributed by atoms with E-state index in [0.717, 1.165) is 23.5 Å². The normalized spacial score (nSPS) is 19.0. The van der Waals surface area contributed by atoms with Crippen molar-refractivity contribution in [2.24, 2.45) is 5.92 Å². The number of rotatable bonds is 11. The van der Waals surface area contributed by atoms with Crippen LogP contribution in [0.25, 0.3) is 0 Å². The summed E-state index contributed by atoms with van der Waals surface area (Å²) in [6.45, 7) is 4.51. The van der Waals surface area contributed by atoms with Crippen molar-refractivity contribution < 1.29 is 4.79 Å². The van der Waals surface area contributed by atoms with Crippen molar-refractivity contribution in [3.8, 4) is 0 Å². The second kappa shape index (κ2) is 12.1. The highest BCUT2D eigenvalue weighted by Crippen LogP contribution is 2.37. The third-order valence-electron chi connectivity index (χ3n) is 6.97. The summed E-state index contributed by atoms with van der Waals surface area (Å²) in [4.78, 5) is 12.7. The highest BCUT2D eigenvalue weighted by Gasteiger charge is 2.22. The number of unbranched alkanes of at least 4 members (excludes halogenated alkanes) is 3. The summed E-state index contributed by atoms with van der Waals surface area (Å²) in [6, 6.07) is 17.1. The molecular formula is C29H40O. The van der Waals surface area contributed by atoms with E-state index in [1.165, 1.54) is 75.3 Å². The van der Waals surface area contributed by atoms with E-state index in [-0.39, 0.29) is 5.78 Å². The van der Waals surface area contributed by atoms with Crippen LogP contribution in [0.15, 0.2) is 48.5 Å². The van der Waals surface area contributed by atoms with E-state index in [9.17, 15) is 4.79 Å². The van der Waals surface area contributed by atoms with Crippen molar-refractivity contribution in [1.29, 1.82) is 0 Å². The molecule has 0 atom stereocenters. The number of hydrogen-bond acceptors (Lipinski definition) is 1. The van der Waals surface area contributed by atoms with Gasteiger partial charge in [-0.3, -0.25) is 4.79 Å². The van der Waals surface area contributed by atoms with Gasteiger partial charge >= 0.3 is 0 Å². The van der Waals surface area contributed by atoms with Gasteiger partial charge in [0.2, 0.25) is 0 Å². The summed E-state index contributed by atoms with van der Waals surface area (Å²) in [5, 5.41) is 0. The molecule has 2 aromatic rings. The predicted molar refractivity (Wildman–Crippen MR) is 128 cm³/mol. The molecule has 0 heterocycles. The maximum absolute atomic E-state index is 12.7. The molecule has 0 bridgehead atoms. The Balaban J connectivity index is 1.48. The standard InChI is InChI=1S/C29H40O/c1-3-5-7-9-24-14-16-26(17-15-24)27-18-20-28(21-19-27)29(30)22-25-12-10-23(11-13-25)8-6-4-2/h10-13,18-21,24,26H,3-9,14-17,22H2,1-2H3/t24-,26-. The maximum Gasteiger partial charge on any atom is 0.167 e. The second-order valence-electron chi connectivity index (χ2n) is 9.36. The van der Waals surface area contributed by atoms with E-state index in [1.54, 1.807) is 0 Å². The first-order valence-corrected chi connectivity index (χ1v) is 12.4. The van der Waals surface area contributed by atoms with Gasteiger partial charge in [-0.15, -0.1) is 0 Å².